The summed E-state index contributed by atoms with van der Waals surface area (Å²) in [6, 6.07) is -0.881. The van der Waals surface area contributed by atoms with Crippen molar-refractivity contribution in [2.45, 2.75) is 381 Å². The van der Waals surface area contributed by atoms with Gasteiger partial charge in [0.25, 0.3) is 0 Å². The number of aliphatic hydroxyl groups excluding tert-OH is 11. The molecule has 3 aliphatic heterocycles. The van der Waals surface area contributed by atoms with Crippen LogP contribution in [0.3, 0.4) is 0 Å². The van der Waals surface area contributed by atoms with Gasteiger partial charge < -0.3 is 89.9 Å². The van der Waals surface area contributed by atoms with Crippen molar-refractivity contribution in [3.63, 3.8) is 0 Å². The number of nitrogens with one attached hydrogen (secondary N) is 1. The Hall–Kier alpha value is -1.21. The average molecular weight is 1210 g/mol. The number of unbranched alkanes of at least 4 members (excludes halogenated alkanes) is 37. The zero-order valence-corrected chi connectivity index (χ0v) is 52.4. The fourth-order valence-corrected chi connectivity index (χ4v) is 12.1. The molecule has 0 aliphatic carbocycles. The van der Waals surface area contributed by atoms with Gasteiger partial charge in [-0.1, -0.05) is 258 Å². The number of carbonyl (C=O) groups is 1. The molecule has 19 nitrogen and oxygen atoms in total. The normalized spacial score (nSPS) is 29.1. The molecule has 3 aliphatic rings. The second-order valence-electron chi connectivity index (χ2n) is 25.0. The van der Waals surface area contributed by atoms with Gasteiger partial charge in [-0.2, -0.15) is 0 Å². The minimum Gasteiger partial charge on any atom is -0.394 e. The third-order valence-corrected chi connectivity index (χ3v) is 17.7. The van der Waals surface area contributed by atoms with Gasteiger partial charge in [-0.25, -0.2) is 0 Å². The predicted octanol–water partition coefficient (Wildman–Crippen LogP) is 8.33. The topological polar surface area (TPSA) is 307 Å². The van der Waals surface area contributed by atoms with Crippen LogP contribution in [0.4, 0.5) is 0 Å². The van der Waals surface area contributed by atoms with Crippen LogP contribution in [0.25, 0.3) is 0 Å². The quantitative estimate of drug-likeness (QED) is 0.0255. The summed E-state index contributed by atoms with van der Waals surface area (Å²) in [5, 5.41) is 121. The van der Waals surface area contributed by atoms with Crippen molar-refractivity contribution in [3.05, 3.63) is 0 Å². The molecular weight excluding hydrogens is 1080 g/mol. The standard InChI is InChI=1S/C65H125NO18/c1-3-5-7-9-11-13-15-17-19-21-23-24-25-26-28-30-32-34-36-38-40-42-49(70)48(66-53(71)43-41-39-37-35-33-31-29-27-22-20-18-16-14-12-10-8-6-4-2)47-79-63-59(77)56(74)61(51(45-68)81-63)84-65-60(78)57(75)62(52(46-69)82-65)83-64-58(76)55(73)54(72)50(44-67)80-64/h48-52,54-65,67-70,72-78H,3-47H2,1-2H3,(H,66,71). The average Bonchev–Trinajstić information content (AvgIpc) is 2.79. The lowest BCUT2D eigenvalue weighted by Crippen LogP contribution is -2.66. The van der Waals surface area contributed by atoms with Gasteiger partial charge in [0.05, 0.1) is 38.6 Å². The number of aliphatic hydroxyl groups is 11. The molecule has 0 saturated carbocycles. The molecule has 0 spiro atoms. The molecule has 0 bridgehead atoms. The number of hydrogen-bond donors (Lipinski definition) is 12. The molecule has 19 heteroatoms. The van der Waals surface area contributed by atoms with Crippen molar-refractivity contribution in [2.75, 3.05) is 26.4 Å². The second kappa shape index (κ2) is 48.6. The molecule has 17 atom stereocenters. The Labute approximate surface area is 506 Å². The van der Waals surface area contributed by atoms with Crippen LogP contribution in [-0.4, -0.2) is 193 Å². The van der Waals surface area contributed by atoms with Crippen molar-refractivity contribution < 1.29 is 89.4 Å². The van der Waals surface area contributed by atoms with Crippen LogP contribution < -0.4 is 5.32 Å². The van der Waals surface area contributed by atoms with Gasteiger partial charge in [0.15, 0.2) is 18.9 Å². The van der Waals surface area contributed by atoms with Crippen LogP contribution in [0, 0.1) is 0 Å². The molecule has 0 radical (unpaired) electrons. The van der Waals surface area contributed by atoms with Crippen LogP contribution in [0.5, 0.6) is 0 Å². The predicted molar refractivity (Wildman–Crippen MR) is 324 cm³/mol. The maximum absolute atomic E-state index is 13.4. The first-order chi connectivity index (χ1) is 40.8. The van der Waals surface area contributed by atoms with E-state index < -0.39 is 124 Å². The van der Waals surface area contributed by atoms with E-state index in [1.807, 2.05) is 0 Å². The monoisotopic (exact) mass is 1210 g/mol. The molecule has 498 valence electrons. The summed E-state index contributed by atoms with van der Waals surface area (Å²) in [6.45, 7) is 1.84. The summed E-state index contributed by atoms with van der Waals surface area (Å²) in [5.74, 6) is -0.236. The number of amides is 1. The van der Waals surface area contributed by atoms with Gasteiger partial charge in [-0.05, 0) is 12.8 Å². The summed E-state index contributed by atoms with van der Waals surface area (Å²) in [6.07, 6.45) is 23.2. The second-order valence-corrected chi connectivity index (χ2v) is 25.0. The number of ether oxygens (including phenoxy) is 6. The van der Waals surface area contributed by atoms with Crippen LogP contribution >= 0.6 is 0 Å². The minimum absolute atomic E-state index is 0.236. The van der Waals surface area contributed by atoms with Gasteiger partial charge in [0.1, 0.15) is 73.2 Å². The molecule has 3 rings (SSSR count). The molecule has 0 aromatic heterocycles. The lowest BCUT2D eigenvalue weighted by Gasteiger charge is -2.48. The fraction of sp³-hybridized carbons (Fsp3) is 0.985. The van der Waals surface area contributed by atoms with E-state index in [1.165, 1.54) is 199 Å². The van der Waals surface area contributed by atoms with Crippen LogP contribution in [-0.2, 0) is 33.2 Å². The summed E-state index contributed by atoms with van der Waals surface area (Å²) >= 11 is 0. The van der Waals surface area contributed by atoms with Crippen molar-refractivity contribution in [1.29, 1.82) is 0 Å². The Balaban J connectivity index is 1.44. The van der Waals surface area contributed by atoms with E-state index >= 15 is 0 Å². The van der Waals surface area contributed by atoms with E-state index in [4.69, 9.17) is 28.4 Å². The summed E-state index contributed by atoms with van der Waals surface area (Å²) in [5.41, 5.74) is 0. The molecule has 3 heterocycles. The van der Waals surface area contributed by atoms with E-state index in [0.717, 1.165) is 44.9 Å². The first-order valence-electron chi connectivity index (χ1n) is 34.3. The largest absolute Gasteiger partial charge is 0.394 e. The third-order valence-electron chi connectivity index (χ3n) is 17.7. The van der Waals surface area contributed by atoms with Crippen molar-refractivity contribution in [2.24, 2.45) is 0 Å². The lowest BCUT2D eigenvalue weighted by atomic mass is 9.96. The third kappa shape index (κ3) is 31.0. The minimum atomic E-state index is -1.97. The zero-order valence-electron chi connectivity index (χ0n) is 52.4. The summed E-state index contributed by atoms with van der Waals surface area (Å²) < 4.78 is 34.4. The van der Waals surface area contributed by atoms with Gasteiger partial charge in [0, 0.05) is 6.42 Å². The summed E-state index contributed by atoms with van der Waals surface area (Å²) in [4.78, 5) is 13.4. The highest BCUT2D eigenvalue weighted by molar-refractivity contribution is 5.76. The zero-order chi connectivity index (χ0) is 61.2. The first kappa shape index (κ1) is 77.0. The van der Waals surface area contributed by atoms with Crippen molar-refractivity contribution in [3.8, 4) is 0 Å². The Bertz CT molecular complexity index is 1540. The van der Waals surface area contributed by atoms with Crippen LogP contribution in [0.1, 0.15) is 277 Å². The molecule has 0 aromatic rings. The highest BCUT2D eigenvalue weighted by Gasteiger charge is 2.53. The highest BCUT2D eigenvalue weighted by atomic mass is 16.8. The van der Waals surface area contributed by atoms with Gasteiger partial charge in [-0.3, -0.25) is 4.79 Å². The SMILES string of the molecule is CCCCCCCCCCCCCCCCCCCCCCCC(O)C(COC1OC(CO)C(OC2OC(CO)C(OC3OC(CO)C(O)C(O)C3O)C(O)C2O)C(O)C1O)NC(=O)CCCCCCCCCCCCCCCCCCCC. The van der Waals surface area contributed by atoms with E-state index in [1.54, 1.807) is 0 Å². The lowest BCUT2D eigenvalue weighted by molar-refractivity contribution is -0.379. The van der Waals surface area contributed by atoms with Crippen molar-refractivity contribution >= 4 is 5.91 Å². The van der Waals surface area contributed by atoms with Gasteiger partial charge in [-0.15, -0.1) is 0 Å². The maximum atomic E-state index is 13.4. The van der Waals surface area contributed by atoms with Crippen LogP contribution in [0.15, 0.2) is 0 Å². The molecule has 0 aromatic carbocycles. The maximum Gasteiger partial charge on any atom is 0.220 e. The number of hydrogen-bond acceptors (Lipinski definition) is 18. The Morgan fingerprint density at radius 1 is 0.381 bits per heavy atom. The number of carbonyl (C=O) groups excluding carboxylic acids is 1. The van der Waals surface area contributed by atoms with E-state index in [-0.39, 0.29) is 18.9 Å². The smallest absolute Gasteiger partial charge is 0.220 e. The molecule has 84 heavy (non-hydrogen) atoms. The molecule has 1 amide bonds. The van der Waals surface area contributed by atoms with E-state index in [2.05, 4.69) is 19.2 Å². The molecule has 3 fully saturated rings. The Morgan fingerprint density at radius 3 is 1.04 bits per heavy atom. The van der Waals surface area contributed by atoms with E-state index in [0.29, 0.717) is 12.8 Å². The van der Waals surface area contributed by atoms with E-state index in [9.17, 15) is 61.0 Å². The number of rotatable bonds is 53. The molecule has 12 N–H and O–H groups in total. The molecular formula is C65H125NO18. The Morgan fingerprint density at radius 2 is 0.679 bits per heavy atom. The molecule has 3 saturated heterocycles. The van der Waals surface area contributed by atoms with Crippen LogP contribution in [0.2, 0.25) is 0 Å². The fourth-order valence-electron chi connectivity index (χ4n) is 12.1. The van der Waals surface area contributed by atoms with Gasteiger partial charge in [0.2, 0.25) is 5.91 Å². The first-order valence-corrected chi connectivity index (χ1v) is 34.3. The Kier molecular flexibility index (Phi) is 44.6. The van der Waals surface area contributed by atoms with Crippen molar-refractivity contribution in [1.82, 2.24) is 5.32 Å². The highest BCUT2D eigenvalue weighted by Crippen LogP contribution is 2.33. The summed E-state index contributed by atoms with van der Waals surface area (Å²) in [7, 11) is 0. The molecule has 17 unspecified atom stereocenters. The van der Waals surface area contributed by atoms with Gasteiger partial charge >= 0.3 is 0 Å².